The molecule has 1 aromatic carbocycles. The molecule has 8 heteroatoms. The van der Waals surface area contributed by atoms with Gasteiger partial charge in [0.15, 0.2) is 0 Å². The number of nitrogens with one attached hydrogen (secondary N) is 1. The average molecular weight is 377 g/mol. The Labute approximate surface area is 129 Å². The first-order valence-electron chi connectivity index (χ1n) is 5.72. The van der Waals surface area contributed by atoms with Crippen LogP contribution in [0.1, 0.15) is 16.3 Å². The molecule has 2 aromatic rings. The first kappa shape index (κ1) is 15.6. The fourth-order valence-corrected chi connectivity index (χ4v) is 4.37. The second-order valence-electron chi connectivity index (χ2n) is 4.13. The van der Waals surface area contributed by atoms with Crippen molar-refractivity contribution in [3.63, 3.8) is 0 Å². The largest absolute Gasteiger partial charge is 0.392 e. The number of benzene rings is 1. The van der Waals surface area contributed by atoms with Gasteiger partial charge in [0.1, 0.15) is 5.01 Å². The van der Waals surface area contributed by atoms with Gasteiger partial charge in [0.25, 0.3) is 0 Å². The van der Waals surface area contributed by atoms with Crippen molar-refractivity contribution in [3.05, 3.63) is 44.3 Å². The summed E-state index contributed by atoms with van der Waals surface area (Å²) in [4.78, 5) is 4.31. The minimum absolute atomic E-state index is 0.109. The van der Waals surface area contributed by atoms with Crippen LogP contribution in [0.15, 0.2) is 32.9 Å². The van der Waals surface area contributed by atoms with Crippen LogP contribution in [0.25, 0.3) is 0 Å². The van der Waals surface area contributed by atoms with Crippen molar-refractivity contribution in [1.29, 1.82) is 0 Å². The zero-order valence-corrected chi connectivity index (χ0v) is 13.8. The molecule has 20 heavy (non-hydrogen) atoms. The zero-order valence-electron chi connectivity index (χ0n) is 10.6. The molecular weight excluding hydrogens is 364 g/mol. The topological polar surface area (TPSA) is 79.3 Å². The standard InChI is InChI=1S/C12H13BrN2O3S2/c1-8-7-19-12(15-8)5-14-20(17,18)11-4-9(6-16)2-3-10(11)13/h2-4,7,14,16H,5-6H2,1H3. The van der Waals surface area contributed by atoms with Crippen molar-refractivity contribution in [1.82, 2.24) is 9.71 Å². The van der Waals surface area contributed by atoms with E-state index in [4.69, 9.17) is 5.11 Å². The van der Waals surface area contributed by atoms with Gasteiger partial charge >= 0.3 is 0 Å². The van der Waals surface area contributed by atoms with E-state index in [-0.39, 0.29) is 18.0 Å². The van der Waals surface area contributed by atoms with Crippen LogP contribution in [0.3, 0.4) is 0 Å². The quantitative estimate of drug-likeness (QED) is 0.837. The fourth-order valence-electron chi connectivity index (χ4n) is 1.57. The molecule has 0 aliphatic rings. The lowest BCUT2D eigenvalue weighted by Gasteiger charge is -2.08. The molecule has 0 radical (unpaired) electrons. The summed E-state index contributed by atoms with van der Waals surface area (Å²) in [5, 5.41) is 11.7. The Balaban J connectivity index is 2.21. The molecule has 5 nitrogen and oxygen atoms in total. The monoisotopic (exact) mass is 376 g/mol. The third-order valence-electron chi connectivity index (χ3n) is 2.55. The fraction of sp³-hybridized carbons (Fsp3) is 0.250. The van der Waals surface area contributed by atoms with Gasteiger partial charge in [-0.3, -0.25) is 0 Å². The Bertz CT molecular complexity index is 713. The van der Waals surface area contributed by atoms with Crippen molar-refractivity contribution in [2.75, 3.05) is 0 Å². The minimum Gasteiger partial charge on any atom is -0.392 e. The summed E-state index contributed by atoms with van der Waals surface area (Å²) >= 11 is 4.62. The summed E-state index contributed by atoms with van der Waals surface area (Å²) in [6.45, 7) is 1.80. The Hall–Kier alpha value is -0.800. The summed E-state index contributed by atoms with van der Waals surface area (Å²) in [5.41, 5.74) is 1.41. The lowest BCUT2D eigenvalue weighted by atomic mass is 10.2. The summed E-state index contributed by atoms with van der Waals surface area (Å²) in [5.74, 6) is 0. The van der Waals surface area contributed by atoms with Gasteiger partial charge in [-0.15, -0.1) is 11.3 Å². The van der Waals surface area contributed by atoms with Gasteiger partial charge in [0.2, 0.25) is 10.0 Å². The summed E-state index contributed by atoms with van der Waals surface area (Å²) in [7, 11) is -3.65. The maximum atomic E-state index is 12.3. The van der Waals surface area contributed by atoms with Crippen LogP contribution in [-0.4, -0.2) is 18.5 Å². The van der Waals surface area contributed by atoms with E-state index in [0.29, 0.717) is 15.0 Å². The van der Waals surface area contributed by atoms with Gasteiger partial charge in [-0.25, -0.2) is 18.1 Å². The van der Waals surface area contributed by atoms with Gasteiger partial charge < -0.3 is 5.11 Å². The third-order valence-corrected chi connectivity index (χ3v) is 5.91. The van der Waals surface area contributed by atoms with E-state index in [2.05, 4.69) is 25.6 Å². The maximum absolute atomic E-state index is 12.3. The molecule has 0 unspecified atom stereocenters. The summed E-state index contributed by atoms with van der Waals surface area (Å²) < 4.78 is 27.5. The van der Waals surface area contributed by atoms with E-state index in [1.54, 1.807) is 12.1 Å². The van der Waals surface area contributed by atoms with Crippen LogP contribution >= 0.6 is 27.3 Å². The number of hydrogen-bond donors (Lipinski definition) is 2. The third kappa shape index (κ3) is 3.64. The Morgan fingerprint density at radius 1 is 1.45 bits per heavy atom. The van der Waals surface area contributed by atoms with E-state index in [1.165, 1.54) is 17.4 Å². The molecule has 0 amide bonds. The molecule has 0 saturated heterocycles. The predicted molar refractivity (Wildman–Crippen MR) is 80.9 cm³/mol. The molecule has 2 rings (SSSR count). The van der Waals surface area contributed by atoms with Crippen molar-refractivity contribution < 1.29 is 13.5 Å². The molecule has 0 aliphatic carbocycles. The maximum Gasteiger partial charge on any atom is 0.242 e. The van der Waals surface area contributed by atoms with E-state index in [1.807, 2.05) is 12.3 Å². The van der Waals surface area contributed by atoms with E-state index in [0.717, 1.165) is 5.69 Å². The highest BCUT2D eigenvalue weighted by molar-refractivity contribution is 9.10. The average Bonchev–Trinajstić information content (AvgIpc) is 2.83. The van der Waals surface area contributed by atoms with Gasteiger partial charge in [-0.05, 0) is 40.5 Å². The van der Waals surface area contributed by atoms with Crippen LogP contribution in [0.2, 0.25) is 0 Å². The lowest BCUT2D eigenvalue weighted by molar-refractivity contribution is 0.281. The van der Waals surface area contributed by atoms with Crippen LogP contribution in [0.5, 0.6) is 0 Å². The van der Waals surface area contributed by atoms with Crippen LogP contribution < -0.4 is 4.72 Å². The number of aliphatic hydroxyl groups excluding tert-OH is 1. The number of aliphatic hydroxyl groups is 1. The molecule has 0 bridgehead atoms. The molecular formula is C12H13BrN2O3S2. The molecule has 108 valence electrons. The first-order valence-corrected chi connectivity index (χ1v) is 8.88. The van der Waals surface area contributed by atoms with Crippen LogP contribution in [-0.2, 0) is 23.2 Å². The van der Waals surface area contributed by atoms with E-state index < -0.39 is 10.0 Å². The highest BCUT2D eigenvalue weighted by Gasteiger charge is 2.18. The molecule has 1 heterocycles. The Morgan fingerprint density at radius 3 is 2.80 bits per heavy atom. The van der Waals surface area contributed by atoms with Crippen molar-refractivity contribution >= 4 is 37.3 Å². The lowest BCUT2D eigenvalue weighted by Crippen LogP contribution is -2.23. The normalized spacial score (nSPS) is 11.8. The van der Waals surface area contributed by atoms with Crippen molar-refractivity contribution in [3.8, 4) is 0 Å². The molecule has 0 aliphatic heterocycles. The number of aromatic nitrogens is 1. The number of thiazole rings is 1. The van der Waals surface area contributed by atoms with E-state index in [9.17, 15) is 8.42 Å². The minimum atomic E-state index is -3.65. The number of sulfonamides is 1. The molecule has 0 fully saturated rings. The molecule has 0 spiro atoms. The van der Waals surface area contributed by atoms with E-state index >= 15 is 0 Å². The smallest absolute Gasteiger partial charge is 0.242 e. The first-order chi connectivity index (χ1) is 9.42. The number of halogens is 1. The SMILES string of the molecule is Cc1csc(CNS(=O)(=O)c2cc(CO)ccc2Br)n1. The summed E-state index contributed by atoms with van der Waals surface area (Å²) in [6, 6.07) is 4.71. The van der Waals surface area contributed by atoms with Gasteiger partial charge in [0, 0.05) is 15.5 Å². The van der Waals surface area contributed by atoms with Crippen molar-refractivity contribution in [2.45, 2.75) is 25.0 Å². The predicted octanol–water partition coefficient (Wildman–Crippen LogP) is 2.18. The van der Waals surface area contributed by atoms with Crippen LogP contribution in [0.4, 0.5) is 0 Å². The molecule has 1 aromatic heterocycles. The molecule has 2 N–H and O–H groups in total. The zero-order chi connectivity index (χ0) is 14.8. The number of hydrogen-bond acceptors (Lipinski definition) is 5. The highest BCUT2D eigenvalue weighted by Crippen LogP contribution is 2.23. The Morgan fingerprint density at radius 2 is 2.20 bits per heavy atom. The molecule has 0 atom stereocenters. The van der Waals surface area contributed by atoms with Gasteiger partial charge in [-0.2, -0.15) is 0 Å². The number of aryl methyl sites for hydroxylation is 1. The van der Waals surface area contributed by atoms with Gasteiger partial charge in [0.05, 0.1) is 18.0 Å². The number of rotatable bonds is 5. The van der Waals surface area contributed by atoms with Gasteiger partial charge in [-0.1, -0.05) is 6.07 Å². The second kappa shape index (κ2) is 6.31. The Kier molecular flexibility index (Phi) is 4.92. The second-order valence-corrected chi connectivity index (χ2v) is 7.66. The molecule has 0 saturated carbocycles. The summed E-state index contributed by atoms with van der Waals surface area (Å²) in [6.07, 6.45) is 0. The van der Waals surface area contributed by atoms with Crippen molar-refractivity contribution in [2.24, 2.45) is 0 Å². The van der Waals surface area contributed by atoms with Crippen LogP contribution in [0, 0.1) is 6.92 Å². The highest BCUT2D eigenvalue weighted by atomic mass is 79.9. The number of nitrogens with zero attached hydrogens (tertiary/aromatic N) is 1.